The Bertz CT molecular complexity index is 1400. The van der Waals surface area contributed by atoms with Gasteiger partial charge in [0, 0.05) is 29.9 Å². The third-order valence-corrected chi connectivity index (χ3v) is 7.34. The Morgan fingerprint density at radius 3 is 2.90 bits per heavy atom. The number of fused-ring (bicyclic) bond motifs is 2. The highest BCUT2D eigenvalue weighted by Gasteiger charge is 2.14. The number of benzene rings is 1. The van der Waals surface area contributed by atoms with Crippen molar-refractivity contribution in [3.8, 4) is 0 Å². The third-order valence-electron chi connectivity index (χ3n) is 5.57. The lowest BCUT2D eigenvalue weighted by atomic mass is 9.97. The summed E-state index contributed by atoms with van der Waals surface area (Å²) in [5, 5.41) is 3.16. The Kier molecular flexibility index (Phi) is 5.74. The fraction of sp³-hybridized carbons (Fsp3) is 0.304. The Balaban J connectivity index is 1.47. The lowest BCUT2D eigenvalue weighted by Crippen LogP contribution is -2.24. The molecule has 31 heavy (non-hydrogen) atoms. The highest BCUT2D eigenvalue weighted by molar-refractivity contribution is 7.98. The molecule has 1 aliphatic rings. The topological polar surface area (TPSA) is 69.3 Å². The number of aromatic nitrogens is 4. The first-order valence-corrected chi connectivity index (χ1v) is 12.3. The summed E-state index contributed by atoms with van der Waals surface area (Å²) < 4.78 is 3.33. The number of thiazole rings is 1. The van der Waals surface area contributed by atoms with Crippen LogP contribution >= 0.6 is 23.1 Å². The number of thioether (sulfide) groups is 1. The molecular formula is C23H22N4O2S2. The summed E-state index contributed by atoms with van der Waals surface area (Å²) in [4.78, 5) is 35.6. The number of nitrogens with zero attached hydrogens (tertiary/aromatic N) is 4. The predicted molar refractivity (Wildman–Crippen MR) is 126 cm³/mol. The van der Waals surface area contributed by atoms with Crippen LogP contribution < -0.4 is 11.1 Å². The maximum Gasteiger partial charge on any atom is 0.262 e. The molecule has 5 rings (SSSR count). The van der Waals surface area contributed by atoms with Crippen LogP contribution in [0.5, 0.6) is 0 Å². The maximum atomic E-state index is 13.3. The number of allylic oxidation sites excluding steroid dienone is 2. The average Bonchev–Trinajstić information content (AvgIpc) is 3.27. The summed E-state index contributed by atoms with van der Waals surface area (Å²) in [6.07, 6.45) is 9.65. The summed E-state index contributed by atoms with van der Waals surface area (Å²) in [5.41, 5.74) is 2.73. The molecule has 1 aromatic carbocycles. The van der Waals surface area contributed by atoms with Crippen molar-refractivity contribution in [1.82, 2.24) is 18.9 Å². The zero-order valence-electron chi connectivity index (χ0n) is 17.0. The van der Waals surface area contributed by atoms with Crippen LogP contribution in [0.15, 0.2) is 68.3 Å². The van der Waals surface area contributed by atoms with Gasteiger partial charge in [0.1, 0.15) is 0 Å². The molecule has 0 atom stereocenters. The molecular weight excluding hydrogens is 428 g/mol. The summed E-state index contributed by atoms with van der Waals surface area (Å²) in [5.74, 6) is 0.483. The lowest BCUT2D eigenvalue weighted by molar-refractivity contribution is 0.569. The second kappa shape index (κ2) is 8.80. The molecule has 1 aliphatic carbocycles. The zero-order chi connectivity index (χ0) is 21.2. The summed E-state index contributed by atoms with van der Waals surface area (Å²) in [6, 6.07) is 9.04. The zero-order valence-corrected chi connectivity index (χ0v) is 18.6. The van der Waals surface area contributed by atoms with Crippen molar-refractivity contribution in [1.29, 1.82) is 0 Å². The van der Waals surface area contributed by atoms with E-state index in [1.165, 1.54) is 41.5 Å². The van der Waals surface area contributed by atoms with Crippen LogP contribution in [0.25, 0.3) is 15.9 Å². The third kappa shape index (κ3) is 4.22. The molecule has 0 saturated carbocycles. The average molecular weight is 451 g/mol. The predicted octanol–water partition coefficient (Wildman–Crippen LogP) is 4.65. The first-order valence-electron chi connectivity index (χ1n) is 10.4. The van der Waals surface area contributed by atoms with Gasteiger partial charge in [-0.05, 0) is 44.2 Å². The van der Waals surface area contributed by atoms with Gasteiger partial charge in [-0.2, -0.15) is 0 Å². The van der Waals surface area contributed by atoms with E-state index in [0.717, 1.165) is 19.3 Å². The summed E-state index contributed by atoms with van der Waals surface area (Å²) in [7, 11) is 0. The largest absolute Gasteiger partial charge is 0.287 e. The minimum atomic E-state index is -0.0880. The molecule has 0 saturated heterocycles. The minimum Gasteiger partial charge on any atom is -0.287 e. The molecule has 0 radical (unpaired) electrons. The molecule has 0 aliphatic heterocycles. The summed E-state index contributed by atoms with van der Waals surface area (Å²) in [6.45, 7) is 0.616. The first-order chi connectivity index (χ1) is 15.2. The number of para-hydroxylation sites is 1. The smallest absolute Gasteiger partial charge is 0.262 e. The van der Waals surface area contributed by atoms with Crippen LogP contribution in [0, 0.1) is 0 Å². The van der Waals surface area contributed by atoms with E-state index in [1.807, 2.05) is 29.6 Å². The maximum absolute atomic E-state index is 13.3. The Morgan fingerprint density at radius 1 is 1.13 bits per heavy atom. The van der Waals surface area contributed by atoms with Crippen molar-refractivity contribution in [2.24, 2.45) is 0 Å². The molecule has 4 aromatic rings. The van der Waals surface area contributed by atoms with Gasteiger partial charge in [-0.25, -0.2) is 9.97 Å². The van der Waals surface area contributed by atoms with Crippen molar-refractivity contribution in [3.05, 3.63) is 80.0 Å². The van der Waals surface area contributed by atoms with E-state index in [1.54, 1.807) is 21.2 Å². The number of hydrogen-bond donors (Lipinski definition) is 0. The second-order valence-corrected chi connectivity index (χ2v) is 9.47. The van der Waals surface area contributed by atoms with E-state index in [9.17, 15) is 9.59 Å². The van der Waals surface area contributed by atoms with Crippen LogP contribution in [-0.4, -0.2) is 18.9 Å². The highest BCUT2D eigenvalue weighted by atomic mass is 32.2. The van der Waals surface area contributed by atoms with E-state index in [-0.39, 0.29) is 11.1 Å². The normalized spacial score (nSPS) is 14.3. The van der Waals surface area contributed by atoms with Crippen molar-refractivity contribution in [3.63, 3.8) is 0 Å². The van der Waals surface area contributed by atoms with Crippen LogP contribution in [0.2, 0.25) is 0 Å². The number of rotatable bonds is 6. The second-order valence-electron chi connectivity index (χ2n) is 7.66. The fourth-order valence-electron chi connectivity index (χ4n) is 3.94. The van der Waals surface area contributed by atoms with E-state index in [4.69, 9.17) is 4.98 Å². The van der Waals surface area contributed by atoms with Crippen molar-refractivity contribution in [2.45, 2.75) is 49.6 Å². The monoisotopic (exact) mass is 450 g/mol. The van der Waals surface area contributed by atoms with E-state index in [2.05, 4.69) is 11.1 Å². The van der Waals surface area contributed by atoms with Crippen molar-refractivity contribution < 1.29 is 0 Å². The SMILES string of the molecule is O=c1c2ccccc2nc(SCc2cc(=O)n3ccsc3n2)n1CCC1=CCCCC1. The van der Waals surface area contributed by atoms with Gasteiger partial charge in [0.15, 0.2) is 10.1 Å². The van der Waals surface area contributed by atoms with Gasteiger partial charge in [-0.15, -0.1) is 11.3 Å². The van der Waals surface area contributed by atoms with Gasteiger partial charge in [0.2, 0.25) is 0 Å². The summed E-state index contributed by atoms with van der Waals surface area (Å²) >= 11 is 2.90. The van der Waals surface area contributed by atoms with Gasteiger partial charge in [0.05, 0.1) is 16.6 Å². The van der Waals surface area contributed by atoms with Gasteiger partial charge < -0.3 is 0 Å². The van der Waals surface area contributed by atoms with Gasteiger partial charge in [-0.3, -0.25) is 18.6 Å². The number of hydrogen-bond acceptors (Lipinski definition) is 6. The first kappa shape index (κ1) is 20.2. The van der Waals surface area contributed by atoms with Crippen LogP contribution in [0.3, 0.4) is 0 Å². The van der Waals surface area contributed by atoms with E-state index in [0.29, 0.717) is 39.0 Å². The molecule has 6 nitrogen and oxygen atoms in total. The van der Waals surface area contributed by atoms with Gasteiger partial charge in [0.25, 0.3) is 11.1 Å². The molecule has 3 heterocycles. The minimum absolute atomic E-state index is 0.00810. The Hall–Kier alpha value is -2.71. The van der Waals surface area contributed by atoms with Gasteiger partial charge in [-0.1, -0.05) is 35.5 Å². The molecule has 0 N–H and O–H groups in total. The quantitative estimate of drug-likeness (QED) is 0.243. The lowest BCUT2D eigenvalue weighted by Gasteiger charge is -2.16. The molecule has 0 bridgehead atoms. The highest BCUT2D eigenvalue weighted by Crippen LogP contribution is 2.24. The molecule has 0 spiro atoms. The van der Waals surface area contributed by atoms with Crippen molar-refractivity contribution >= 4 is 39.0 Å². The van der Waals surface area contributed by atoms with Crippen molar-refractivity contribution in [2.75, 3.05) is 0 Å². The van der Waals surface area contributed by atoms with Crippen LogP contribution in [-0.2, 0) is 12.3 Å². The fourth-order valence-corrected chi connectivity index (χ4v) is 5.60. The van der Waals surface area contributed by atoms with Gasteiger partial charge >= 0.3 is 0 Å². The standard InChI is InChI=1S/C23H22N4O2S2/c28-20-14-17(24-22-26(20)12-13-30-22)15-31-23-25-19-9-5-4-8-18(19)21(29)27(23)11-10-16-6-2-1-3-7-16/h4-6,8-9,12-14H,1-3,7,10-11,15H2. The molecule has 8 heteroatoms. The molecule has 3 aromatic heterocycles. The van der Waals surface area contributed by atoms with Crippen LogP contribution in [0.4, 0.5) is 0 Å². The van der Waals surface area contributed by atoms with E-state index < -0.39 is 0 Å². The van der Waals surface area contributed by atoms with Crippen LogP contribution in [0.1, 0.15) is 37.8 Å². The molecule has 0 unspecified atom stereocenters. The Labute approximate surface area is 187 Å². The Morgan fingerprint density at radius 2 is 2.03 bits per heavy atom. The molecule has 158 valence electrons. The molecule has 0 amide bonds. The molecule has 0 fully saturated rings. The van der Waals surface area contributed by atoms with E-state index >= 15 is 0 Å².